The number of amides is 1. The Labute approximate surface area is 223 Å². The van der Waals surface area contributed by atoms with Gasteiger partial charge < -0.3 is 15.2 Å². The molecule has 1 amide bonds. The van der Waals surface area contributed by atoms with Gasteiger partial charge in [-0.05, 0) is 65.4 Å². The lowest BCUT2D eigenvalue weighted by Gasteiger charge is -2.21. The molecule has 7 nitrogen and oxygen atoms in total. The predicted molar refractivity (Wildman–Crippen MR) is 140 cm³/mol. The number of carboxylic acids is 1. The van der Waals surface area contributed by atoms with Gasteiger partial charge in [0.25, 0.3) is 5.91 Å². The van der Waals surface area contributed by atoms with Crippen LogP contribution < -0.4 is 10.1 Å². The van der Waals surface area contributed by atoms with Crippen LogP contribution in [0.3, 0.4) is 0 Å². The smallest absolute Gasteiger partial charge is 0.481 e. The number of carbonyl (C=O) groups is 2. The fraction of sp³-hybridized carbons (Fsp3) is 0.276. The summed E-state index contributed by atoms with van der Waals surface area (Å²) in [6, 6.07) is 18.6. The Morgan fingerprint density at radius 1 is 1.00 bits per heavy atom. The summed E-state index contributed by atoms with van der Waals surface area (Å²) < 4.78 is 43.3. The minimum Gasteiger partial charge on any atom is -0.481 e. The Kier molecular flexibility index (Phi) is 8.23. The van der Waals surface area contributed by atoms with Crippen molar-refractivity contribution in [3.63, 3.8) is 0 Å². The second-order valence-corrected chi connectivity index (χ2v) is 9.60. The first-order chi connectivity index (χ1) is 18.5. The van der Waals surface area contributed by atoms with Gasteiger partial charge in [-0.3, -0.25) is 14.3 Å². The number of nitrogens with one attached hydrogen (secondary N) is 1. The van der Waals surface area contributed by atoms with E-state index in [4.69, 9.17) is 5.11 Å². The average molecular weight is 540 g/mol. The normalized spacial score (nSPS) is 12.5. The second-order valence-electron chi connectivity index (χ2n) is 9.60. The highest BCUT2D eigenvalue weighted by atomic mass is 19.4. The van der Waals surface area contributed by atoms with Crippen LogP contribution in [0.5, 0.6) is 5.75 Å². The number of halogens is 3. The standard InChI is InChI=1S/C29H28F3N3O4/c1-18(2)15-26(20-3-5-21(6-4-20)28(38)33-14-13-27(36)37)35-25-12-9-22(16-23(25)17-34-35)19-7-10-24(11-8-19)39-29(30,31)32/h3-12,16-18,26H,13-15H2,1-2H3,(H,33,38)(H,36,37). The fourth-order valence-electron chi connectivity index (χ4n) is 4.40. The molecular weight excluding hydrogens is 511 g/mol. The van der Waals surface area contributed by atoms with Crippen molar-refractivity contribution < 1.29 is 32.6 Å². The Bertz CT molecular complexity index is 1450. The predicted octanol–water partition coefficient (Wildman–Crippen LogP) is 6.44. The number of alkyl halides is 3. The summed E-state index contributed by atoms with van der Waals surface area (Å²) in [5.41, 5.74) is 3.89. The number of fused-ring (bicyclic) bond motifs is 1. The summed E-state index contributed by atoms with van der Waals surface area (Å²) in [4.78, 5) is 23.0. The van der Waals surface area contributed by atoms with Crippen molar-refractivity contribution in [2.24, 2.45) is 5.92 Å². The Balaban J connectivity index is 1.57. The van der Waals surface area contributed by atoms with Gasteiger partial charge in [0.05, 0.1) is 24.2 Å². The molecule has 39 heavy (non-hydrogen) atoms. The number of carboxylic acid groups (broad SMARTS) is 1. The van der Waals surface area contributed by atoms with E-state index in [9.17, 15) is 22.8 Å². The van der Waals surface area contributed by atoms with Gasteiger partial charge in [0.15, 0.2) is 0 Å². The van der Waals surface area contributed by atoms with Crippen molar-refractivity contribution in [1.82, 2.24) is 15.1 Å². The van der Waals surface area contributed by atoms with E-state index in [2.05, 4.69) is 29.0 Å². The SMILES string of the molecule is CC(C)CC(c1ccc(C(=O)NCCC(=O)O)cc1)n1ncc2cc(-c3ccc(OC(F)(F)F)cc3)ccc21. The minimum atomic E-state index is -4.74. The van der Waals surface area contributed by atoms with Crippen molar-refractivity contribution in [1.29, 1.82) is 0 Å². The molecule has 0 saturated heterocycles. The van der Waals surface area contributed by atoms with Crippen molar-refractivity contribution in [3.05, 3.63) is 84.1 Å². The summed E-state index contributed by atoms with van der Waals surface area (Å²) >= 11 is 0. The number of hydrogen-bond donors (Lipinski definition) is 2. The summed E-state index contributed by atoms with van der Waals surface area (Å²) in [6.07, 6.45) is -2.33. The monoisotopic (exact) mass is 539 g/mol. The number of ether oxygens (including phenoxy) is 1. The van der Waals surface area contributed by atoms with Crippen molar-refractivity contribution in [2.75, 3.05) is 6.54 Å². The zero-order valence-corrected chi connectivity index (χ0v) is 21.4. The van der Waals surface area contributed by atoms with Crippen LogP contribution >= 0.6 is 0 Å². The number of aliphatic carboxylic acids is 1. The van der Waals surface area contributed by atoms with Gasteiger partial charge in [0.2, 0.25) is 0 Å². The van der Waals surface area contributed by atoms with E-state index in [1.54, 1.807) is 30.5 Å². The molecule has 204 valence electrons. The van der Waals surface area contributed by atoms with Crippen LogP contribution in [0.25, 0.3) is 22.0 Å². The quantitative estimate of drug-likeness (QED) is 0.242. The number of nitrogens with zero attached hydrogens (tertiary/aromatic N) is 2. The van der Waals surface area contributed by atoms with Crippen molar-refractivity contribution >= 4 is 22.8 Å². The van der Waals surface area contributed by atoms with Crippen LogP contribution in [0.2, 0.25) is 0 Å². The molecule has 0 fully saturated rings. The molecule has 1 aromatic heterocycles. The maximum absolute atomic E-state index is 12.5. The largest absolute Gasteiger partial charge is 0.573 e. The molecule has 3 aromatic carbocycles. The van der Waals surface area contributed by atoms with Gasteiger partial charge in [0, 0.05) is 17.5 Å². The molecule has 0 spiro atoms. The highest BCUT2D eigenvalue weighted by Crippen LogP contribution is 2.32. The lowest BCUT2D eigenvalue weighted by atomic mass is 9.96. The maximum Gasteiger partial charge on any atom is 0.573 e. The number of rotatable bonds is 10. The molecule has 1 unspecified atom stereocenters. The van der Waals surface area contributed by atoms with E-state index < -0.39 is 12.3 Å². The second kappa shape index (κ2) is 11.6. The Hall–Kier alpha value is -4.34. The number of hydrogen-bond acceptors (Lipinski definition) is 4. The molecule has 0 radical (unpaired) electrons. The molecule has 4 aromatic rings. The first kappa shape index (κ1) is 27.7. The van der Waals surface area contributed by atoms with Crippen LogP contribution in [0.4, 0.5) is 13.2 Å². The molecular formula is C29H28F3N3O4. The zero-order chi connectivity index (χ0) is 28.2. The van der Waals surface area contributed by atoms with Crippen molar-refractivity contribution in [2.45, 2.75) is 39.1 Å². The average Bonchev–Trinajstić information content (AvgIpc) is 3.29. The minimum absolute atomic E-state index is 0.0542. The molecule has 1 heterocycles. The number of benzene rings is 3. The van der Waals surface area contributed by atoms with Gasteiger partial charge >= 0.3 is 12.3 Å². The molecule has 1 atom stereocenters. The summed E-state index contributed by atoms with van der Waals surface area (Å²) in [6.45, 7) is 4.29. The van der Waals surface area contributed by atoms with Crippen LogP contribution in [0, 0.1) is 5.92 Å². The highest BCUT2D eigenvalue weighted by Gasteiger charge is 2.31. The van der Waals surface area contributed by atoms with Crippen LogP contribution in [-0.2, 0) is 4.79 Å². The zero-order valence-electron chi connectivity index (χ0n) is 21.4. The third-order valence-corrected chi connectivity index (χ3v) is 6.19. The molecule has 10 heteroatoms. The summed E-state index contributed by atoms with van der Waals surface area (Å²) in [7, 11) is 0. The number of aromatic nitrogens is 2. The summed E-state index contributed by atoms with van der Waals surface area (Å²) in [5, 5.41) is 16.9. The summed E-state index contributed by atoms with van der Waals surface area (Å²) in [5.74, 6) is -1.24. The van der Waals surface area contributed by atoms with Gasteiger partial charge in [-0.2, -0.15) is 5.10 Å². The first-order valence-electron chi connectivity index (χ1n) is 12.4. The maximum atomic E-state index is 12.5. The molecule has 0 saturated carbocycles. The lowest BCUT2D eigenvalue weighted by molar-refractivity contribution is -0.274. The topological polar surface area (TPSA) is 93.5 Å². The van der Waals surface area contributed by atoms with Crippen LogP contribution in [0.1, 0.15) is 48.7 Å². The first-order valence-corrected chi connectivity index (χ1v) is 12.4. The Morgan fingerprint density at radius 3 is 2.28 bits per heavy atom. The molecule has 0 aliphatic rings. The van der Waals surface area contributed by atoms with Gasteiger partial charge in [-0.1, -0.05) is 44.2 Å². The third-order valence-electron chi connectivity index (χ3n) is 6.19. The van der Waals surface area contributed by atoms with Crippen molar-refractivity contribution in [3.8, 4) is 16.9 Å². The molecule has 0 bridgehead atoms. The fourth-order valence-corrected chi connectivity index (χ4v) is 4.40. The third kappa shape index (κ3) is 7.16. The van der Waals surface area contributed by atoms with Crippen LogP contribution in [0.15, 0.2) is 72.9 Å². The molecule has 2 N–H and O–H groups in total. The van der Waals surface area contributed by atoms with E-state index >= 15 is 0 Å². The van der Waals surface area contributed by atoms with E-state index in [-0.39, 0.29) is 30.7 Å². The molecule has 0 aliphatic carbocycles. The van der Waals surface area contributed by atoms with Gasteiger partial charge in [0.1, 0.15) is 5.75 Å². The van der Waals surface area contributed by atoms with Gasteiger partial charge in [-0.15, -0.1) is 13.2 Å². The number of carbonyl (C=O) groups excluding carboxylic acids is 1. The van der Waals surface area contributed by atoms with E-state index in [0.717, 1.165) is 34.0 Å². The van der Waals surface area contributed by atoms with E-state index in [1.165, 1.54) is 12.1 Å². The van der Waals surface area contributed by atoms with Gasteiger partial charge in [-0.25, -0.2) is 0 Å². The molecule has 0 aliphatic heterocycles. The van der Waals surface area contributed by atoms with E-state index in [1.807, 2.05) is 35.0 Å². The highest BCUT2D eigenvalue weighted by molar-refractivity contribution is 5.94. The lowest BCUT2D eigenvalue weighted by Crippen LogP contribution is -2.26. The van der Waals surface area contributed by atoms with Crippen LogP contribution in [-0.4, -0.2) is 39.7 Å². The van der Waals surface area contributed by atoms with E-state index in [0.29, 0.717) is 11.5 Å². The molecule has 4 rings (SSSR count). The Morgan fingerprint density at radius 2 is 1.67 bits per heavy atom.